The fourth-order valence-electron chi connectivity index (χ4n) is 2.33. The predicted molar refractivity (Wildman–Crippen MR) is 79.1 cm³/mol. The monoisotopic (exact) mass is 273 g/mol. The zero-order valence-electron chi connectivity index (χ0n) is 12.2. The first kappa shape index (κ1) is 14.4. The lowest BCUT2D eigenvalue weighted by Gasteiger charge is -2.29. The number of nitrogens with zero attached hydrogens (tertiary/aromatic N) is 2. The molecule has 20 heavy (non-hydrogen) atoms. The third-order valence-corrected chi connectivity index (χ3v) is 3.60. The summed E-state index contributed by atoms with van der Waals surface area (Å²) >= 11 is 0. The van der Waals surface area contributed by atoms with E-state index in [-0.39, 0.29) is 11.7 Å². The van der Waals surface area contributed by atoms with E-state index in [2.05, 4.69) is 10.3 Å². The van der Waals surface area contributed by atoms with Crippen molar-refractivity contribution in [1.29, 1.82) is 0 Å². The number of amides is 1. The van der Waals surface area contributed by atoms with Gasteiger partial charge >= 0.3 is 0 Å². The Kier molecular flexibility index (Phi) is 3.99. The maximum absolute atomic E-state index is 12.6. The van der Waals surface area contributed by atoms with Crippen LogP contribution < -0.4 is 10.2 Å². The van der Waals surface area contributed by atoms with Crippen LogP contribution in [0.2, 0.25) is 0 Å². The molecule has 0 fully saturated rings. The van der Waals surface area contributed by atoms with E-state index in [4.69, 9.17) is 0 Å². The van der Waals surface area contributed by atoms with Gasteiger partial charge in [0.1, 0.15) is 0 Å². The number of Topliss-reactive ketones (excluding diaryl/α,β-unsaturated/α-hetero) is 1. The van der Waals surface area contributed by atoms with Gasteiger partial charge in [-0.05, 0) is 33.9 Å². The molecular formula is C15H19N3O2. The summed E-state index contributed by atoms with van der Waals surface area (Å²) in [6.07, 6.45) is -0.663. The number of benzene rings is 1. The Labute approximate surface area is 118 Å². The van der Waals surface area contributed by atoms with Gasteiger partial charge in [-0.25, -0.2) is 0 Å². The Morgan fingerprint density at radius 2 is 2.05 bits per heavy atom. The SMILES string of the molecule is CNC1N=C(C)c2ccccc2N(C(C)C(C)=O)C1=O. The molecule has 0 bridgehead atoms. The van der Waals surface area contributed by atoms with Crippen molar-refractivity contribution in [2.24, 2.45) is 4.99 Å². The minimum Gasteiger partial charge on any atom is -0.299 e. The van der Waals surface area contributed by atoms with Gasteiger partial charge in [0.25, 0.3) is 5.91 Å². The van der Waals surface area contributed by atoms with E-state index >= 15 is 0 Å². The van der Waals surface area contributed by atoms with Gasteiger partial charge in [0.15, 0.2) is 11.9 Å². The van der Waals surface area contributed by atoms with Gasteiger partial charge in [0.05, 0.1) is 11.7 Å². The first-order valence-corrected chi connectivity index (χ1v) is 6.62. The maximum atomic E-state index is 12.6. The van der Waals surface area contributed by atoms with Gasteiger partial charge in [-0.15, -0.1) is 0 Å². The van der Waals surface area contributed by atoms with Crippen LogP contribution in [0, 0.1) is 0 Å². The molecule has 0 aliphatic carbocycles. The van der Waals surface area contributed by atoms with Gasteiger partial charge < -0.3 is 0 Å². The van der Waals surface area contributed by atoms with Crippen molar-refractivity contribution in [2.75, 3.05) is 11.9 Å². The maximum Gasteiger partial charge on any atom is 0.267 e. The van der Waals surface area contributed by atoms with Gasteiger partial charge in [0.2, 0.25) is 0 Å². The molecule has 0 radical (unpaired) electrons. The van der Waals surface area contributed by atoms with E-state index < -0.39 is 12.2 Å². The van der Waals surface area contributed by atoms with Crippen molar-refractivity contribution in [1.82, 2.24) is 5.32 Å². The van der Waals surface area contributed by atoms with Crippen molar-refractivity contribution < 1.29 is 9.59 Å². The summed E-state index contributed by atoms with van der Waals surface area (Å²) in [5.74, 6) is -0.262. The Morgan fingerprint density at radius 3 is 2.65 bits per heavy atom. The Hall–Kier alpha value is -2.01. The summed E-state index contributed by atoms with van der Waals surface area (Å²) in [4.78, 5) is 30.3. The normalized spacial score (nSPS) is 20.0. The molecule has 5 heteroatoms. The Balaban J connectivity index is 2.62. The second kappa shape index (κ2) is 5.54. The van der Waals surface area contributed by atoms with Crippen LogP contribution in [0.4, 0.5) is 5.69 Å². The number of carbonyl (C=O) groups is 2. The summed E-state index contributed by atoms with van der Waals surface area (Å²) < 4.78 is 0. The predicted octanol–water partition coefficient (Wildman–Crippen LogP) is 1.37. The van der Waals surface area contributed by atoms with Crippen LogP contribution in [0.25, 0.3) is 0 Å². The van der Waals surface area contributed by atoms with Crippen molar-refractivity contribution in [3.05, 3.63) is 29.8 Å². The lowest BCUT2D eigenvalue weighted by molar-refractivity contribution is -0.124. The average molecular weight is 273 g/mol. The standard InChI is InChI=1S/C15H19N3O2/c1-9-12-7-5-6-8-13(12)18(10(2)11(3)19)15(20)14(16-4)17-9/h5-8,10,14,16H,1-4H3. The first-order chi connectivity index (χ1) is 9.47. The van der Waals surface area contributed by atoms with Crippen LogP contribution in [0.1, 0.15) is 26.3 Å². The number of carbonyl (C=O) groups excluding carboxylic acids is 2. The topological polar surface area (TPSA) is 61.8 Å². The van der Waals surface area contributed by atoms with Crippen molar-refractivity contribution in [3.63, 3.8) is 0 Å². The van der Waals surface area contributed by atoms with Crippen LogP contribution in [-0.2, 0) is 9.59 Å². The molecule has 2 rings (SSSR count). The highest BCUT2D eigenvalue weighted by Crippen LogP contribution is 2.27. The number of para-hydroxylation sites is 1. The lowest BCUT2D eigenvalue weighted by Crippen LogP contribution is -2.50. The molecule has 2 atom stereocenters. The number of fused-ring (bicyclic) bond motifs is 1. The van der Waals surface area contributed by atoms with E-state index in [1.54, 1.807) is 18.9 Å². The first-order valence-electron chi connectivity index (χ1n) is 6.62. The van der Waals surface area contributed by atoms with Gasteiger partial charge in [-0.3, -0.25) is 24.8 Å². The molecule has 0 saturated heterocycles. The Bertz CT molecular complexity index is 580. The summed E-state index contributed by atoms with van der Waals surface area (Å²) in [5.41, 5.74) is 2.40. The number of hydrogen-bond acceptors (Lipinski definition) is 4. The molecule has 106 valence electrons. The van der Waals surface area contributed by atoms with E-state index in [9.17, 15) is 9.59 Å². The van der Waals surface area contributed by atoms with Crippen LogP contribution >= 0.6 is 0 Å². The number of likely N-dealkylation sites (N-methyl/N-ethyl adjacent to an activating group) is 1. The minimum absolute atomic E-state index is 0.0532. The highest BCUT2D eigenvalue weighted by atomic mass is 16.2. The molecule has 1 heterocycles. The molecule has 1 N–H and O–H groups in total. The van der Waals surface area contributed by atoms with Crippen LogP contribution in [0.15, 0.2) is 29.3 Å². The highest BCUT2D eigenvalue weighted by molar-refractivity contribution is 6.13. The Morgan fingerprint density at radius 1 is 1.40 bits per heavy atom. The molecule has 0 aromatic heterocycles. The number of nitrogens with one attached hydrogen (secondary N) is 1. The zero-order chi connectivity index (χ0) is 14.9. The summed E-state index contributed by atoms with van der Waals surface area (Å²) in [6.45, 7) is 5.11. The number of anilines is 1. The molecule has 1 amide bonds. The second-order valence-corrected chi connectivity index (χ2v) is 4.92. The summed E-state index contributed by atoms with van der Waals surface area (Å²) in [6, 6.07) is 7.02. The number of ketones is 1. The lowest BCUT2D eigenvalue weighted by atomic mass is 10.1. The fourth-order valence-corrected chi connectivity index (χ4v) is 2.33. The van der Waals surface area contributed by atoms with E-state index in [1.165, 1.54) is 6.92 Å². The molecule has 2 unspecified atom stereocenters. The third kappa shape index (κ3) is 2.36. The quantitative estimate of drug-likeness (QED) is 0.904. The molecule has 1 aliphatic rings. The van der Waals surface area contributed by atoms with Crippen LogP contribution in [0.3, 0.4) is 0 Å². The van der Waals surface area contributed by atoms with E-state index in [0.29, 0.717) is 0 Å². The zero-order valence-corrected chi connectivity index (χ0v) is 12.2. The highest BCUT2D eigenvalue weighted by Gasteiger charge is 2.33. The number of benzodiazepines with no additional fused rings is 1. The van der Waals surface area contributed by atoms with Crippen molar-refractivity contribution in [3.8, 4) is 0 Å². The molecule has 1 aromatic carbocycles. The van der Waals surface area contributed by atoms with Gasteiger partial charge in [-0.2, -0.15) is 0 Å². The van der Waals surface area contributed by atoms with Crippen LogP contribution in [0.5, 0.6) is 0 Å². The minimum atomic E-state index is -0.663. The summed E-state index contributed by atoms with van der Waals surface area (Å²) in [5, 5.41) is 2.89. The molecule has 0 saturated carbocycles. The smallest absolute Gasteiger partial charge is 0.267 e. The second-order valence-electron chi connectivity index (χ2n) is 4.92. The van der Waals surface area contributed by atoms with Gasteiger partial charge in [-0.1, -0.05) is 18.2 Å². The third-order valence-electron chi connectivity index (χ3n) is 3.60. The molecule has 0 spiro atoms. The number of hydrogen-bond donors (Lipinski definition) is 1. The van der Waals surface area contributed by atoms with Crippen molar-refractivity contribution >= 4 is 23.1 Å². The molecule has 5 nitrogen and oxygen atoms in total. The number of aliphatic imine (C=N–C) groups is 1. The average Bonchev–Trinajstić information content (AvgIpc) is 2.54. The van der Waals surface area contributed by atoms with E-state index in [0.717, 1.165) is 17.0 Å². The van der Waals surface area contributed by atoms with Gasteiger partial charge in [0, 0.05) is 11.3 Å². The van der Waals surface area contributed by atoms with Crippen molar-refractivity contribution in [2.45, 2.75) is 33.0 Å². The van der Waals surface area contributed by atoms with Crippen LogP contribution in [-0.4, -0.2) is 36.7 Å². The fraction of sp³-hybridized carbons (Fsp3) is 0.400. The molecule has 1 aromatic rings. The molecular weight excluding hydrogens is 254 g/mol. The number of rotatable bonds is 3. The molecule has 1 aliphatic heterocycles. The largest absolute Gasteiger partial charge is 0.299 e. The van der Waals surface area contributed by atoms with E-state index in [1.807, 2.05) is 31.2 Å². The summed E-state index contributed by atoms with van der Waals surface area (Å²) in [7, 11) is 1.69.